The van der Waals surface area contributed by atoms with Crippen LogP contribution in [0.5, 0.6) is 0 Å². The molecule has 0 saturated heterocycles. The van der Waals surface area contributed by atoms with Crippen LogP contribution in [-0.4, -0.2) is 11.7 Å². The molecule has 104 valence electrons. The lowest BCUT2D eigenvalue weighted by atomic mass is 9.82. The van der Waals surface area contributed by atoms with Gasteiger partial charge in [-0.15, -0.1) is 0 Å². The molecule has 0 aromatic heterocycles. The summed E-state index contributed by atoms with van der Waals surface area (Å²) in [6, 6.07) is 5.12. The number of ketones is 1. The van der Waals surface area contributed by atoms with Crippen LogP contribution in [0.3, 0.4) is 0 Å². The van der Waals surface area contributed by atoms with Crippen molar-refractivity contribution in [2.24, 2.45) is 5.92 Å². The zero-order valence-electron chi connectivity index (χ0n) is 10.3. The Bertz CT molecular complexity index is 478. The molecular formula is C14H14Cl2F2O. The van der Waals surface area contributed by atoms with Crippen molar-refractivity contribution < 1.29 is 13.6 Å². The summed E-state index contributed by atoms with van der Waals surface area (Å²) in [6.07, 6.45) is 0.267. The third kappa shape index (κ3) is 3.67. The van der Waals surface area contributed by atoms with Crippen molar-refractivity contribution in [1.29, 1.82) is 0 Å². The van der Waals surface area contributed by atoms with E-state index in [4.69, 9.17) is 23.2 Å². The van der Waals surface area contributed by atoms with Gasteiger partial charge in [0.25, 0.3) is 0 Å². The fourth-order valence-electron chi connectivity index (χ4n) is 2.38. The molecule has 19 heavy (non-hydrogen) atoms. The highest BCUT2D eigenvalue weighted by Crippen LogP contribution is 2.37. The molecule has 0 radical (unpaired) electrons. The van der Waals surface area contributed by atoms with E-state index in [9.17, 15) is 13.6 Å². The van der Waals surface area contributed by atoms with E-state index in [1.165, 1.54) is 0 Å². The summed E-state index contributed by atoms with van der Waals surface area (Å²) in [5.74, 6) is -2.92. The van der Waals surface area contributed by atoms with Crippen molar-refractivity contribution in [2.75, 3.05) is 0 Å². The van der Waals surface area contributed by atoms with E-state index in [-0.39, 0.29) is 43.8 Å². The molecule has 0 unspecified atom stereocenters. The maximum absolute atomic E-state index is 13.0. The highest BCUT2D eigenvalue weighted by molar-refractivity contribution is 6.42. The summed E-state index contributed by atoms with van der Waals surface area (Å²) in [7, 11) is 0. The first-order valence-corrected chi connectivity index (χ1v) is 6.98. The predicted octanol–water partition coefficient (Wildman–Crippen LogP) is 4.93. The van der Waals surface area contributed by atoms with Crippen LogP contribution < -0.4 is 0 Å². The summed E-state index contributed by atoms with van der Waals surface area (Å²) in [4.78, 5) is 12.1. The lowest BCUT2D eigenvalue weighted by Crippen LogP contribution is -2.29. The quantitative estimate of drug-likeness (QED) is 0.774. The van der Waals surface area contributed by atoms with Gasteiger partial charge in [-0.1, -0.05) is 35.3 Å². The maximum Gasteiger partial charge on any atom is 0.248 e. The van der Waals surface area contributed by atoms with Gasteiger partial charge in [0.1, 0.15) is 5.78 Å². The largest absolute Gasteiger partial charge is 0.299 e. The van der Waals surface area contributed by atoms with Gasteiger partial charge in [-0.3, -0.25) is 4.79 Å². The average Bonchev–Trinajstić information content (AvgIpc) is 2.35. The molecule has 0 atom stereocenters. The second kappa shape index (κ2) is 5.76. The zero-order valence-corrected chi connectivity index (χ0v) is 11.8. The van der Waals surface area contributed by atoms with Gasteiger partial charge in [-0.05, 0) is 24.5 Å². The Balaban J connectivity index is 2.00. The average molecular weight is 307 g/mol. The van der Waals surface area contributed by atoms with Gasteiger partial charge in [0.05, 0.1) is 10.0 Å². The predicted molar refractivity (Wildman–Crippen MR) is 72.1 cm³/mol. The molecule has 2 rings (SSSR count). The molecule has 1 aliphatic carbocycles. The first-order valence-electron chi connectivity index (χ1n) is 6.22. The number of hydrogen-bond acceptors (Lipinski definition) is 1. The monoisotopic (exact) mass is 306 g/mol. The van der Waals surface area contributed by atoms with Crippen LogP contribution in [0.25, 0.3) is 0 Å². The van der Waals surface area contributed by atoms with Crippen LogP contribution >= 0.6 is 23.2 Å². The Kier molecular flexibility index (Phi) is 4.46. The Morgan fingerprint density at radius 2 is 1.89 bits per heavy atom. The van der Waals surface area contributed by atoms with Gasteiger partial charge in [0, 0.05) is 25.2 Å². The van der Waals surface area contributed by atoms with E-state index in [0.717, 1.165) is 0 Å². The number of halogens is 4. The maximum atomic E-state index is 13.0. The van der Waals surface area contributed by atoms with Crippen LogP contribution in [0.4, 0.5) is 8.78 Å². The van der Waals surface area contributed by atoms with Gasteiger partial charge in [0.15, 0.2) is 0 Å². The number of hydrogen-bond donors (Lipinski definition) is 0. The molecule has 0 heterocycles. The molecule has 0 aliphatic heterocycles. The lowest BCUT2D eigenvalue weighted by molar-refractivity contribution is -0.126. The molecule has 0 amide bonds. The summed E-state index contributed by atoms with van der Waals surface area (Å²) < 4.78 is 26.1. The number of Topliss-reactive ketones (excluding diaryl/α,β-unsaturated/α-hetero) is 1. The molecule has 1 fully saturated rings. The van der Waals surface area contributed by atoms with Gasteiger partial charge < -0.3 is 0 Å². The van der Waals surface area contributed by atoms with Crippen LogP contribution in [0, 0.1) is 5.92 Å². The van der Waals surface area contributed by atoms with E-state index < -0.39 is 5.92 Å². The van der Waals surface area contributed by atoms with Crippen molar-refractivity contribution in [3.8, 4) is 0 Å². The minimum absolute atomic E-state index is 0.0281. The van der Waals surface area contributed by atoms with Crippen molar-refractivity contribution in [1.82, 2.24) is 0 Å². The summed E-state index contributed by atoms with van der Waals surface area (Å²) in [5.41, 5.74) is 0.663. The second-order valence-electron chi connectivity index (χ2n) is 4.99. The molecule has 1 aromatic carbocycles. The number of alkyl halides is 2. The molecule has 0 N–H and O–H groups in total. The van der Waals surface area contributed by atoms with E-state index in [1.54, 1.807) is 18.2 Å². The Morgan fingerprint density at radius 3 is 2.53 bits per heavy atom. The number of carbonyl (C=O) groups excluding carboxylic acids is 1. The minimum Gasteiger partial charge on any atom is -0.299 e. The molecule has 1 aromatic rings. The highest BCUT2D eigenvalue weighted by Gasteiger charge is 2.37. The first kappa shape index (κ1) is 14.7. The molecule has 1 nitrogen and oxygen atoms in total. The van der Waals surface area contributed by atoms with E-state index >= 15 is 0 Å². The van der Waals surface area contributed by atoms with E-state index in [2.05, 4.69) is 0 Å². The Labute approximate surface area is 120 Å². The molecule has 1 aliphatic rings. The van der Waals surface area contributed by atoms with Gasteiger partial charge in [-0.2, -0.15) is 0 Å². The standard InChI is InChI=1S/C14H14Cl2F2O/c15-11-3-1-2-10(13(11)16)8-12(19)9-4-6-14(17,18)7-5-9/h1-3,9H,4-8H2. The van der Waals surface area contributed by atoms with Gasteiger partial charge in [0.2, 0.25) is 5.92 Å². The van der Waals surface area contributed by atoms with Crippen molar-refractivity contribution in [3.05, 3.63) is 33.8 Å². The molecule has 1 saturated carbocycles. The molecule has 0 bridgehead atoms. The second-order valence-corrected chi connectivity index (χ2v) is 5.77. The van der Waals surface area contributed by atoms with Crippen LogP contribution in [0.15, 0.2) is 18.2 Å². The molecular weight excluding hydrogens is 293 g/mol. The number of benzene rings is 1. The fourth-order valence-corrected chi connectivity index (χ4v) is 2.77. The third-order valence-corrected chi connectivity index (χ3v) is 4.43. The van der Waals surface area contributed by atoms with Gasteiger partial charge >= 0.3 is 0 Å². The number of rotatable bonds is 3. The number of carbonyl (C=O) groups is 1. The molecule has 0 spiro atoms. The first-order chi connectivity index (χ1) is 8.89. The van der Waals surface area contributed by atoms with Crippen molar-refractivity contribution in [2.45, 2.75) is 38.0 Å². The Hall–Kier alpha value is -0.670. The highest BCUT2D eigenvalue weighted by atomic mass is 35.5. The summed E-state index contributed by atoms with van der Waals surface area (Å²) in [5, 5.41) is 0.779. The normalized spacial score (nSPS) is 19.4. The van der Waals surface area contributed by atoms with Crippen molar-refractivity contribution >= 4 is 29.0 Å². The van der Waals surface area contributed by atoms with Crippen molar-refractivity contribution in [3.63, 3.8) is 0 Å². The SMILES string of the molecule is O=C(Cc1cccc(Cl)c1Cl)C1CCC(F)(F)CC1. The summed E-state index contributed by atoms with van der Waals surface area (Å²) >= 11 is 11.9. The zero-order chi connectivity index (χ0) is 14.0. The van der Waals surface area contributed by atoms with E-state index in [1.807, 2.05) is 0 Å². The summed E-state index contributed by atoms with van der Waals surface area (Å²) in [6.45, 7) is 0. The fraction of sp³-hybridized carbons (Fsp3) is 0.500. The topological polar surface area (TPSA) is 17.1 Å². The third-order valence-electron chi connectivity index (χ3n) is 3.57. The molecule has 5 heteroatoms. The lowest BCUT2D eigenvalue weighted by Gasteiger charge is -2.27. The van der Waals surface area contributed by atoms with E-state index in [0.29, 0.717) is 15.6 Å². The van der Waals surface area contributed by atoms with Gasteiger partial charge in [-0.25, -0.2) is 8.78 Å². The minimum atomic E-state index is -2.61. The smallest absolute Gasteiger partial charge is 0.248 e. The Morgan fingerprint density at radius 1 is 1.26 bits per heavy atom. The van der Waals surface area contributed by atoms with Crippen LogP contribution in [0.1, 0.15) is 31.2 Å². The van der Waals surface area contributed by atoms with Crippen LogP contribution in [-0.2, 0) is 11.2 Å². The van der Waals surface area contributed by atoms with Crippen LogP contribution in [0.2, 0.25) is 10.0 Å².